The molecule has 3 aromatic rings. The second-order valence-corrected chi connectivity index (χ2v) is 7.38. The molecule has 0 saturated heterocycles. The third-order valence-electron chi connectivity index (χ3n) is 4.50. The number of amides is 2. The Kier molecular flexibility index (Phi) is 7.27. The zero-order valence-corrected chi connectivity index (χ0v) is 18.0. The summed E-state index contributed by atoms with van der Waals surface area (Å²) in [5.74, 6) is 0.385. The number of ether oxygens (including phenoxy) is 1. The molecule has 0 spiro atoms. The molecule has 2 N–H and O–H groups in total. The Morgan fingerprint density at radius 3 is 2.35 bits per heavy atom. The number of benzene rings is 3. The number of nitrogens with one attached hydrogen (secondary N) is 2. The monoisotopic (exact) mass is 417 g/mol. The van der Waals surface area contributed by atoms with Crippen LogP contribution in [-0.2, 0) is 4.79 Å². The van der Waals surface area contributed by atoms with E-state index < -0.39 is 0 Å². The molecule has 2 amide bonds. The Hall–Kier alpha value is -3.80. The van der Waals surface area contributed by atoms with Crippen LogP contribution in [0, 0.1) is 0 Å². The molecule has 0 fully saturated rings. The van der Waals surface area contributed by atoms with E-state index in [4.69, 9.17) is 4.74 Å². The first-order valence-electron chi connectivity index (χ1n) is 10.2. The average Bonchev–Trinajstić information content (AvgIpc) is 2.77. The third-order valence-corrected chi connectivity index (χ3v) is 4.50. The van der Waals surface area contributed by atoms with Crippen molar-refractivity contribution in [1.82, 2.24) is 0 Å². The van der Waals surface area contributed by atoms with Crippen LogP contribution >= 0.6 is 0 Å². The first kappa shape index (κ1) is 21.9. The van der Waals surface area contributed by atoms with E-state index in [-0.39, 0.29) is 24.5 Å². The highest BCUT2D eigenvalue weighted by atomic mass is 16.5. The van der Waals surface area contributed by atoms with Gasteiger partial charge in [0, 0.05) is 35.7 Å². The highest BCUT2D eigenvalue weighted by Gasteiger charge is 2.14. The van der Waals surface area contributed by atoms with Crippen molar-refractivity contribution in [2.75, 3.05) is 29.1 Å². The Balaban J connectivity index is 1.59. The summed E-state index contributed by atoms with van der Waals surface area (Å²) in [5, 5.41) is 5.92. The lowest BCUT2D eigenvalue weighted by molar-refractivity contribution is -0.114. The highest BCUT2D eigenvalue weighted by Crippen LogP contribution is 2.19. The normalized spacial score (nSPS) is 10.5. The fourth-order valence-electron chi connectivity index (χ4n) is 3.03. The first-order valence-corrected chi connectivity index (χ1v) is 10.2. The lowest BCUT2D eigenvalue weighted by atomic mass is 10.1. The predicted molar refractivity (Wildman–Crippen MR) is 125 cm³/mol. The molecular formula is C25H27N3O3. The van der Waals surface area contributed by atoms with Gasteiger partial charge in [0.25, 0.3) is 5.91 Å². The zero-order valence-electron chi connectivity index (χ0n) is 18.0. The number of carbonyl (C=O) groups excluding carboxylic acids is 2. The topological polar surface area (TPSA) is 70.7 Å². The summed E-state index contributed by atoms with van der Waals surface area (Å²) in [4.78, 5) is 26.7. The zero-order chi connectivity index (χ0) is 22.2. The van der Waals surface area contributed by atoms with Crippen LogP contribution in [0.2, 0.25) is 0 Å². The van der Waals surface area contributed by atoms with Gasteiger partial charge in [0.15, 0.2) is 0 Å². The second kappa shape index (κ2) is 10.3. The quantitative estimate of drug-likeness (QED) is 0.552. The standard InChI is InChI=1S/C25H27N3O3/c1-18(2)31-23-14-8-11-21(16-23)27-24(29)17-26-20-10-7-9-19(15-20)25(30)28(3)22-12-5-4-6-13-22/h4-16,18,26H,17H2,1-3H3,(H,27,29). The summed E-state index contributed by atoms with van der Waals surface area (Å²) in [6, 6.07) is 23.8. The molecule has 0 saturated carbocycles. The maximum atomic E-state index is 12.8. The Morgan fingerprint density at radius 1 is 0.903 bits per heavy atom. The van der Waals surface area contributed by atoms with Crippen LogP contribution in [-0.4, -0.2) is 31.5 Å². The van der Waals surface area contributed by atoms with Gasteiger partial charge in [0.2, 0.25) is 5.91 Å². The van der Waals surface area contributed by atoms with E-state index >= 15 is 0 Å². The smallest absolute Gasteiger partial charge is 0.258 e. The number of hydrogen-bond donors (Lipinski definition) is 2. The molecule has 6 heteroatoms. The van der Waals surface area contributed by atoms with Crippen molar-refractivity contribution in [3.8, 4) is 5.75 Å². The molecule has 0 radical (unpaired) electrons. The van der Waals surface area contributed by atoms with E-state index in [0.717, 1.165) is 5.69 Å². The Bertz CT molecular complexity index is 1030. The van der Waals surface area contributed by atoms with Crippen LogP contribution < -0.4 is 20.3 Å². The number of para-hydroxylation sites is 1. The summed E-state index contributed by atoms with van der Waals surface area (Å²) in [5.41, 5.74) is 2.71. The van der Waals surface area contributed by atoms with Crippen molar-refractivity contribution in [2.45, 2.75) is 20.0 Å². The van der Waals surface area contributed by atoms with Gasteiger partial charge in [0.1, 0.15) is 5.75 Å². The van der Waals surface area contributed by atoms with Crippen molar-refractivity contribution in [2.24, 2.45) is 0 Å². The number of rotatable bonds is 8. The van der Waals surface area contributed by atoms with Crippen LogP contribution in [0.25, 0.3) is 0 Å². The molecule has 31 heavy (non-hydrogen) atoms. The summed E-state index contributed by atoms with van der Waals surface area (Å²) >= 11 is 0. The molecule has 0 atom stereocenters. The van der Waals surface area contributed by atoms with Gasteiger partial charge in [-0.15, -0.1) is 0 Å². The van der Waals surface area contributed by atoms with Crippen molar-refractivity contribution in [1.29, 1.82) is 0 Å². The predicted octanol–water partition coefficient (Wildman–Crippen LogP) is 4.80. The molecule has 6 nitrogen and oxygen atoms in total. The van der Waals surface area contributed by atoms with E-state index in [1.165, 1.54) is 0 Å². The second-order valence-electron chi connectivity index (χ2n) is 7.38. The van der Waals surface area contributed by atoms with Crippen molar-refractivity contribution in [3.63, 3.8) is 0 Å². The van der Waals surface area contributed by atoms with Gasteiger partial charge in [0.05, 0.1) is 12.6 Å². The van der Waals surface area contributed by atoms with Crippen molar-refractivity contribution < 1.29 is 14.3 Å². The fourth-order valence-corrected chi connectivity index (χ4v) is 3.03. The summed E-state index contributed by atoms with van der Waals surface area (Å²) < 4.78 is 5.65. The lowest BCUT2D eigenvalue weighted by Gasteiger charge is -2.18. The largest absolute Gasteiger partial charge is 0.491 e. The van der Waals surface area contributed by atoms with E-state index in [1.807, 2.05) is 68.4 Å². The summed E-state index contributed by atoms with van der Waals surface area (Å²) in [6.07, 6.45) is 0.0588. The molecule has 3 aromatic carbocycles. The van der Waals surface area contributed by atoms with Crippen molar-refractivity contribution >= 4 is 28.9 Å². The summed E-state index contributed by atoms with van der Waals surface area (Å²) in [6.45, 7) is 3.97. The maximum Gasteiger partial charge on any atom is 0.258 e. The van der Waals surface area contributed by atoms with Crippen LogP contribution in [0.3, 0.4) is 0 Å². The molecule has 0 aromatic heterocycles. The molecule has 160 valence electrons. The van der Waals surface area contributed by atoms with Gasteiger partial charge in [-0.05, 0) is 56.3 Å². The lowest BCUT2D eigenvalue weighted by Crippen LogP contribution is -2.26. The van der Waals surface area contributed by atoms with E-state index in [1.54, 1.807) is 36.2 Å². The Labute approximate surface area is 182 Å². The van der Waals surface area contributed by atoms with Gasteiger partial charge < -0.3 is 20.3 Å². The third kappa shape index (κ3) is 6.34. The fraction of sp³-hybridized carbons (Fsp3) is 0.200. The highest BCUT2D eigenvalue weighted by molar-refractivity contribution is 6.06. The Morgan fingerprint density at radius 2 is 1.61 bits per heavy atom. The molecule has 0 unspecified atom stereocenters. The number of nitrogens with zero attached hydrogens (tertiary/aromatic N) is 1. The van der Waals surface area contributed by atoms with E-state index in [0.29, 0.717) is 22.7 Å². The molecule has 0 heterocycles. The number of carbonyl (C=O) groups is 2. The van der Waals surface area contributed by atoms with Gasteiger partial charge in [-0.2, -0.15) is 0 Å². The van der Waals surface area contributed by atoms with Gasteiger partial charge in [-0.25, -0.2) is 0 Å². The van der Waals surface area contributed by atoms with E-state index in [9.17, 15) is 9.59 Å². The molecule has 0 bridgehead atoms. The molecule has 0 aliphatic carbocycles. The SMILES string of the molecule is CC(C)Oc1cccc(NC(=O)CNc2cccc(C(=O)N(C)c3ccccc3)c2)c1. The average molecular weight is 418 g/mol. The van der Waals surface area contributed by atoms with Crippen molar-refractivity contribution in [3.05, 3.63) is 84.4 Å². The minimum Gasteiger partial charge on any atom is -0.491 e. The van der Waals surface area contributed by atoms with Crippen LogP contribution in [0.1, 0.15) is 24.2 Å². The van der Waals surface area contributed by atoms with Crippen LogP contribution in [0.15, 0.2) is 78.9 Å². The summed E-state index contributed by atoms with van der Waals surface area (Å²) in [7, 11) is 1.74. The first-order chi connectivity index (χ1) is 14.9. The minimum atomic E-state index is -0.195. The van der Waals surface area contributed by atoms with Crippen LogP contribution in [0.5, 0.6) is 5.75 Å². The van der Waals surface area contributed by atoms with Gasteiger partial charge in [-0.3, -0.25) is 9.59 Å². The number of anilines is 3. The molecular weight excluding hydrogens is 390 g/mol. The maximum absolute atomic E-state index is 12.8. The van der Waals surface area contributed by atoms with Gasteiger partial charge >= 0.3 is 0 Å². The molecule has 3 rings (SSSR count). The van der Waals surface area contributed by atoms with Gasteiger partial charge in [-0.1, -0.05) is 30.3 Å². The van der Waals surface area contributed by atoms with Crippen LogP contribution in [0.4, 0.5) is 17.1 Å². The minimum absolute atomic E-state index is 0.0588. The number of hydrogen-bond acceptors (Lipinski definition) is 4. The van der Waals surface area contributed by atoms with E-state index in [2.05, 4.69) is 10.6 Å². The molecule has 0 aliphatic rings. The molecule has 0 aliphatic heterocycles.